The molecule has 3 heteroatoms. The molecule has 0 radical (unpaired) electrons. The Morgan fingerprint density at radius 2 is 2.55 bits per heavy atom. The van der Waals surface area contributed by atoms with Crippen LogP contribution in [0.1, 0.15) is 13.3 Å². The first-order valence-corrected chi connectivity index (χ1v) is 3.71. The number of aliphatic imine (C=N–C) groups is 1. The standard InChI is InChI=1S/C8H9NO2/c1-5-2-3-9-6-4-11-8(10)7(5)6/h3,5H,2,4H2,1H3. The Kier molecular flexibility index (Phi) is 1.31. The van der Waals surface area contributed by atoms with Crippen LogP contribution >= 0.6 is 0 Å². The van der Waals surface area contributed by atoms with Gasteiger partial charge in [-0.05, 0) is 12.3 Å². The lowest BCUT2D eigenvalue weighted by atomic mass is 9.95. The highest BCUT2D eigenvalue weighted by atomic mass is 16.5. The molecule has 0 amide bonds. The summed E-state index contributed by atoms with van der Waals surface area (Å²) in [5.74, 6) is 0.113. The second-order valence-corrected chi connectivity index (χ2v) is 2.88. The maximum absolute atomic E-state index is 11.1. The van der Waals surface area contributed by atoms with Crippen LogP contribution in [0.2, 0.25) is 0 Å². The number of ether oxygens (including phenoxy) is 1. The van der Waals surface area contributed by atoms with Crippen molar-refractivity contribution in [2.75, 3.05) is 6.61 Å². The zero-order chi connectivity index (χ0) is 7.84. The molecule has 0 N–H and O–H groups in total. The highest BCUT2D eigenvalue weighted by molar-refractivity contribution is 5.93. The third-order valence-corrected chi connectivity index (χ3v) is 2.07. The van der Waals surface area contributed by atoms with E-state index in [4.69, 9.17) is 4.74 Å². The summed E-state index contributed by atoms with van der Waals surface area (Å²) in [6.45, 7) is 2.39. The molecule has 0 saturated carbocycles. The van der Waals surface area contributed by atoms with Crippen molar-refractivity contribution in [3.8, 4) is 0 Å². The van der Waals surface area contributed by atoms with E-state index < -0.39 is 0 Å². The van der Waals surface area contributed by atoms with Crippen molar-refractivity contribution in [2.45, 2.75) is 13.3 Å². The SMILES string of the molecule is CC1CC=NC2=C1C(=O)OC2. The van der Waals surface area contributed by atoms with Crippen LogP contribution < -0.4 is 0 Å². The predicted molar refractivity (Wildman–Crippen MR) is 40.3 cm³/mol. The first-order valence-electron chi connectivity index (χ1n) is 3.71. The number of rotatable bonds is 0. The summed E-state index contributed by atoms with van der Waals surface area (Å²) in [6.07, 6.45) is 2.71. The van der Waals surface area contributed by atoms with E-state index in [1.54, 1.807) is 0 Å². The third-order valence-electron chi connectivity index (χ3n) is 2.07. The molecule has 0 aromatic heterocycles. The summed E-state index contributed by atoms with van der Waals surface area (Å²) in [7, 11) is 0. The Labute approximate surface area is 64.8 Å². The van der Waals surface area contributed by atoms with E-state index in [9.17, 15) is 4.79 Å². The van der Waals surface area contributed by atoms with Crippen molar-refractivity contribution in [1.29, 1.82) is 0 Å². The van der Waals surface area contributed by atoms with Gasteiger partial charge in [0.15, 0.2) is 0 Å². The molecule has 2 aliphatic rings. The van der Waals surface area contributed by atoms with E-state index in [-0.39, 0.29) is 11.9 Å². The van der Waals surface area contributed by atoms with Crippen LogP contribution in [-0.2, 0) is 9.53 Å². The van der Waals surface area contributed by atoms with Crippen LogP contribution in [0.3, 0.4) is 0 Å². The first-order chi connectivity index (χ1) is 5.29. The number of esters is 1. The number of nitrogens with zero attached hydrogens (tertiary/aromatic N) is 1. The van der Waals surface area contributed by atoms with E-state index in [1.807, 2.05) is 13.1 Å². The summed E-state index contributed by atoms with van der Waals surface area (Å²) in [6, 6.07) is 0. The van der Waals surface area contributed by atoms with Gasteiger partial charge >= 0.3 is 5.97 Å². The Hall–Kier alpha value is -1.12. The summed E-state index contributed by atoms with van der Waals surface area (Å²) in [5, 5.41) is 0. The van der Waals surface area contributed by atoms with Crippen molar-refractivity contribution in [3.63, 3.8) is 0 Å². The number of cyclic esters (lactones) is 1. The van der Waals surface area contributed by atoms with Crippen molar-refractivity contribution < 1.29 is 9.53 Å². The maximum Gasteiger partial charge on any atom is 0.336 e. The Bertz CT molecular complexity index is 265. The molecule has 0 saturated heterocycles. The lowest BCUT2D eigenvalue weighted by Crippen LogP contribution is -2.11. The summed E-state index contributed by atoms with van der Waals surface area (Å²) in [5.41, 5.74) is 1.61. The molecule has 2 heterocycles. The Morgan fingerprint density at radius 1 is 1.73 bits per heavy atom. The summed E-state index contributed by atoms with van der Waals surface area (Å²) in [4.78, 5) is 15.2. The largest absolute Gasteiger partial charge is 0.456 e. The highest BCUT2D eigenvalue weighted by Crippen LogP contribution is 2.28. The van der Waals surface area contributed by atoms with Crippen LogP contribution in [0.15, 0.2) is 16.3 Å². The lowest BCUT2D eigenvalue weighted by molar-refractivity contribution is -0.136. The van der Waals surface area contributed by atoms with Gasteiger partial charge in [-0.1, -0.05) is 6.92 Å². The van der Waals surface area contributed by atoms with Gasteiger partial charge < -0.3 is 4.74 Å². The van der Waals surface area contributed by atoms with E-state index in [1.165, 1.54) is 0 Å². The van der Waals surface area contributed by atoms with Crippen molar-refractivity contribution in [2.24, 2.45) is 10.9 Å². The number of hydrogen-bond acceptors (Lipinski definition) is 3. The smallest absolute Gasteiger partial charge is 0.336 e. The first kappa shape index (κ1) is 6.58. The minimum Gasteiger partial charge on any atom is -0.456 e. The molecule has 1 atom stereocenters. The zero-order valence-corrected chi connectivity index (χ0v) is 6.33. The molecule has 0 aromatic rings. The average Bonchev–Trinajstić information content (AvgIpc) is 2.34. The molecule has 2 rings (SSSR count). The second kappa shape index (κ2) is 2.19. The van der Waals surface area contributed by atoms with Crippen LogP contribution in [0, 0.1) is 5.92 Å². The minimum absolute atomic E-state index is 0.177. The molecule has 0 bridgehead atoms. The fourth-order valence-corrected chi connectivity index (χ4v) is 1.44. The fourth-order valence-electron chi connectivity index (χ4n) is 1.44. The monoisotopic (exact) mass is 151 g/mol. The van der Waals surface area contributed by atoms with Gasteiger partial charge in [0.2, 0.25) is 0 Å². The molecule has 2 aliphatic heterocycles. The van der Waals surface area contributed by atoms with E-state index in [0.717, 1.165) is 17.7 Å². The molecule has 0 aliphatic carbocycles. The molecule has 0 fully saturated rings. The van der Waals surface area contributed by atoms with Crippen LogP contribution in [0.5, 0.6) is 0 Å². The fraction of sp³-hybridized carbons (Fsp3) is 0.500. The van der Waals surface area contributed by atoms with Gasteiger partial charge in [-0.3, -0.25) is 4.99 Å². The maximum atomic E-state index is 11.1. The van der Waals surface area contributed by atoms with Crippen molar-refractivity contribution in [3.05, 3.63) is 11.3 Å². The van der Waals surface area contributed by atoms with Gasteiger partial charge in [0.05, 0.1) is 11.3 Å². The molecular formula is C8H9NO2. The van der Waals surface area contributed by atoms with Crippen LogP contribution in [-0.4, -0.2) is 18.8 Å². The van der Waals surface area contributed by atoms with Gasteiger partial charge in [-0.15, -0.1) is 0 Å². The number of carbonyl (C=O) groups excluding carboxylic acids is 1. The van der Waals surface area contributed by atoms with E-state index in [0.29, 0.717) is 6.61 Å². The van der Waals surface area contributed by atoms with Crippen molar-refractivity contribution in [1.82, 2.24) is 0 Å². The number of hydrogen-bond donors (Lipinski definition) is 0. The van der Waals surface area contributed by atoms with Gasteiger partial charge in [0.25, 0.3) is 0 Å². The molecule has 11 heavy (non-hydrogen) atoms. The average molecular weight is 151 g/mol. The molecule has 58 valence electrons. The Morgan fingerprint density at radius 3 is 3.27 bits per heavy atom. The topological polar surface area (TPSA) is 38.7 Å². The minimum atomic E-state index is -0.177. The second-order valence-electron chi connectivity index (χ2n) is 2.88. The molecule has 3 nitrogen and oxygen atoms in total. The van der Waals surface area contributed by atoms with Gasteiger partial charge in [-0.2, -0.15) is 0 Å². The van der Waals surface area contributed by atoms with E-state index >= 15 is 0 Å². The molecule has 0 spiro atoms. The normalized spacial score (nSPS) is 28.8. The van der Waals surface area contributed by atoms with Crippen LogP contribution in [0.25, 0.3) is 0 Å². The summed E-state index contributed by atoms with van der Waals surface area (Å²) >= 11 is 0. The highest BCUT2D eigenvalue weighted by Gasteiger charge is 2.30. The van der Waals surface area contributed by atoms with E-state index in [2.05, 4.69) is 4.99 Å². The van der Waals surface area contributed by atoms with Crippen LogP contribution in [0.4, 0.5) is 0 Å². The third kappa shape index (κ3) is 0.878. The van der Waals surface area contributed by atoms with Gasteiger partial charge in [0, 0.05) is 6.21 Å². The molecular weight excluding hydrogens is 142 g/mol. The van der Waals surface area contributed by atoms with Crippen molar-refractivity contribution >= 4 is 12.2 Å². The predicted octanol–water partition coefficient (Wildman–Crippen LogP) is 0.908. The molecule has 0 aromatic carbocycles. The van der Waals surface area contributed by atoms with Gasteiger partial charge in [0.1, 0.15) is 6.61 Å². The Balaban J connectivity index is 2.41. The van der Waals surface area contributed by atoms with Gasteiger partial charge in [-0.25, -0.2) is 4.79 Å². The molecule has 1 unspecified atom stereocenters. The number of carbonyl (C=O) groups is 1. The lowest BCUT2D eigenvalue weighted by Gasteiger charge is -2.11. The quantitative estimate of drug-likeness (QED) is 0.482. The zero-order valence-electron chi connectivity index (χ0n) is 6.33. The summed E-state index contributed by atoms with van der Waals surface area (Å²) < 4.78 is 4.84.